The van der Waals surface area contributed by atoms with Crippen LogP contribution < -0.4 is 5.32 Å². The van der Waals surface area contributed by atoms with Crippen LogP contribution in [0, 0.1) is 6.92 Å². The summed E-state index contributed by atoms with van der Waals surface area (Å²) >= 11 is 0. The second-order valence-electron chi connectivity index (χ2n) is 6.35. The fourth-order valence-electron chi connectivity index (χ4n) is 2.47. The van der Waals surface area contributed by atoms with E-state index in [4.69, 9.17) is 9.52 Å². The van der Waals surface area contributed by atoms with Crippen molar-refractivity contribution in [3.05, 3.63) is 58.5 Å². The number of carbonyl (C=O) groups is 3. The van der Waals surface area contributed by atoms with Gasteiger partial charge in [-0.05, 0) is 51.1 Å². The first-order valence-corrected chi connectivity index (χ1v) is 8.18. The van der Waals surface area contributed by atoms with Gasteiger partial charge in [-0.3, -0.25) is 9.59 Å². The zero-order valence-corrected chi connectivity index (χ0v) is 15.2. The summed E-state index contributed by atoms with van der Waals surface area (Å²) in [6.07, 6.45) is 0. The summed E-state index contributed by atoms with van der Waals surface area (Å²) in [5.74, 6) is -0.828. The molecule has 0 unspecified atom stereocenters. The first-order chi connectivity index (χ1) is 12.2. The van der Waals surface area contributed by atoms with Crippen LogP contribution in [0.4, 0.5) is 0 Å². The van der Waals surface area contributed by atoms with Crippen LogP contribution in [-0.4, -0.2) is 40.9 Å². The maximum absolute atomic E-state index is 12.5. The number of aromatic carboxylic acids is 1. The zero-order chi connectivity index (χ0) is 19.4. The lowest BCUT2D eigenvalue weighted by Gasteiger charge is -2.16. The Morgan fingerprint density at radius 1 is 1.15 bits per heavy atom. The molecule has 138 valence electrons. The summed E-state index contributed by atoms with van der Waals surface area (Å²) in [5.41, 5.74) is 0.988. The van der Waals surface area contributed by atoms with Gasteiger partial charge in [0.1, 0.15) is 17.1 Å². The van der Waals surface area contributed by atoms with Crippen molar-refractivity contribution in [1.29, 1.82) is 0 Å². The van der Waals surface area contributed by atoms with E-state index in [-0.39, 0.29) is 30.0 Å². The fraction of sp³-hybridized carbons (Fsp3) is 0.316. The molecule has 1 aromatic heterocycles. The minimum absolute atomic E-state index is 0.0300. The number of nitrogens with one attached hydrogen (secondary N) is 1. The molecule has 7 heteroatoms. The van der Waals surface area contributed by atoms with Gasteiger partial charge in [0.05, 0.1) is 6.54 Å². The summed E-state index contributed by atoms with van der Waals surface area (Å²) in [4.78, 5) is 36.9. The summed E-state index contributed by atoms with van der Waals surface area (Å²) in [6, 6.07) is 7.81. The van der Waals surface area contributed by atoms with Crippen molar-refractivity contribution in [3.63, 3.8) is 0 Å². The van der Waals surface area contributed by atoms with E-state index in [9.17, 15) is 14.4 Å². The lowest BCUT2D eigenvalue weighted by atomic mass is 10.1. The Bertz CT molecular complexity index is 821. The standard InChI is InChI=1S/C19H22N2O5/c1-11(2)20-17(22)13-5-7-14(8-6-13)18(23)21(4)10-15-9-16(19(24)25)12(3)26-15/h5-9,11H,10H2,1-4H3,(H,20,22)(H,24,25). The van der Waals surface area contributed by atoms with Gasteiger partial charge in [0, 0.05) is 24.2 Å². The molecule has 0 aliphatic heterocycles. The van der Waals surface area contributed by atoms with E-state index < -0.39 is 5.97 Å². The minimum Gasteiger partial charge on any atom is -0.478 e. The van der Waals surface area contributed by atoms with Crippen LogP contribution >= 0.6 is 0 Å². The highest BCUT2D eigenvalue weighted by molar-refractivity contribution is 5.97. The highest BCUT2D eigenvalue weighted by Crippen LogP contribution is 2.17. The Morgan fingerprint density at radius 2 is 1.73 bits per heavy atom. The Kier molecular flexibility index (Phi) is 5.82. The van der Waals surface area contributed by atoms with Gasteiger partial charge in [-0.1, -0.05) is 0 Å². The van der Waals surface area contributed by atoms with Crippen LogP contribution in [0.1, 0.15) is 56.4 Å². The molecule has 26 heavy (non-hydrogen) atoms. The Morgan fingerprint density at radius 3 is 2.23 bits per heavy atom. The molecule has 1 aromatic carbocycles. The normalized spacial score (nSPS) is 10.7. The number of carbonyl (C=O) groups excluding carboxylic acids is 2. The van der Waals surface area contributed by atoms with Crippen LogP contribution in [0.25, 0.3) is 0 Å². The molecule has 7 nitrogen and oxygen atoms in total. The number of rotatable bonds is 6. The van der Waals surface area contributed by atoms with E-state index in [0.29, 0.717) is 22.6 Å². The number of amides is 2. The molecular formula is C19H22N2O5. The second kappa shape index (κ2) is 7.86. The van der Waals surface area contributed by atoms with Gasteiger partial charge in [-0.2, -0.15) is 0 Å². The van der Waals surface area contributed by atoms with Crippen LogP contribution in [0.15, 0.2) is 34.7 Å². The van der Waals surface area contributed by atoms with Gasteiger partial charge in [0.15, 0.2) is 0 Å². The number of nitrogens with zero attached hydrogens (tertiary/aromatic N) is 1. The number of hydrogen-bond donors (Lipinski definition) is 2. The van der Waals surface area contributed by atoms with E-state index in [0.717, 1.165) is 0 Å². The van der Waals surface area contributed by atoms with Crippen molar-refractivity contribution < 1.29 is 23.9 Å². The maximum atomic E-state index is 12.5. The van der Waals surface area contributed by atoms with Crippen molar-refractivity contribution in [3.8, 4) is 0 Å². The number of hydrogen-bond acceptors (Lipinski definition) is 4. The fourth-order valence-corrected chi connectivity index (χ4v) is 2.47. The van der Waals surface area contributed by atoms with Gasteiger partial charge in [-0.25, -0.2) is 4.79 Å². The smallest absolute Gasteiger partial charge is 0.339 e. The molecule has 2 rings (SSSR count). The first-order valence-electron chi connectivity index (χ1n) is 8.18. The van der Waals surface area contributed by atoms with Gasteiger partial charge in [-0.15, -0.1) is 0 Å². The predicted molar refractivity (Wildman–Crippen MR) is 95.2 cm³/mol. The van der Waals surface area contributed by atoms with E-state index in [1.807, 2.05) is 13.8 Å². The highest BCUT2D eigenvalue weighted by Gasteiger charge is 2.18. The molecule has 0 atom stereocenters. The molecule has 1 heterocycles. The quantitative estimate of drug-likeness (QED) is 0.827. The lowest BCUT2D eigenvalue weighted by Crippen LogP contribution is -2.30. The van der Waals surface area contributed by atoms with Crippen LogP contribution in [0.3, 0.4) is 0 Å². The average molecular weight is 358 g/mol. The summed E-state index contributed by atoms with van der Waals surface area (Å²) in [7, 11) is 1.60. The summed E-state index contributed by atoms with van der Waals surface area (Å²) in [5, 5.41) is 11.8. The molecule has 0 fully saturated rings. The molecule has 0 saturated carbocycles. The third-order valence-corrected chi connectivity index (χ3v) is 3.75. The largest absolute Gasteiger partial charge is 0.478 e. The first kappa shape index (κ1) is 19.2. The Hall–Kier alpha value is -3.09. The monoisotopic (exact) mass is 358 g/mol. The predicted octanol–water partition coefficient (Wildman–Crippen LogP) is 2.70. The average Bonchev–Trinajstić information content (AvgIpc) is 2.94. The van der Waals surface area contributed by atoms with Gasteiger partial charge < -0.3 is 19.7 Å². The van der Waals surface area contributed by atoms with E-state index in [1.165, 1.54) is 11.0 Å². The SMILES string of the molecule is Cc1oc(CN(C)C(=O)c2ccc(C(=O)NC(C)C)cc2)cc1C(=O)O. The number of carboxylic acids is 1. The lowest BCUT2D eigenvalue weighted by molar-refractivity contribution is 0.0693. The molecule has 0 aliphatic rings. The number of aryl methyl sites for hydroxylation is 1. The summed E-state index contributed by atoms with van der Waals surface area (Å²) in [6.45, 7) is 5.45. The van der Waals surface area contributed by atoms with Gasteiger partial charge >= 0.3 is 5.97 Å². The van der Waals surface area contributed by atoms with Crippen molar-refractivity contribution in [2.75, 3.05) is 7.05 Å². The van der Waals surface area contributed by atoms with Crippen molar-refractivity contribution in [1.82, 2.24) is 10.2 Å². The molecule has 2 aromatic rings. The molecule has 2 N–H and O–H groups in total. The number of benzene rings is 1. The highest BCUT2D eigenvalue weighted by atomic mass is 16.4. The Balaban J connectivity index is 2.07. The van der Waals surface area contributed by atoms with Gasteiger partial charge in [0.25, 0.3) is 11.8 Å². The molecule has 0 spiro atoms. The van der Waals surface area contributed by atoms with Crippen molar-refractivity contribution in [2.24, 2.45) is 0 Å². The minimum atomic E-state index is -1.07. The second-order valence-corrected chi connectivity index (χ2v) is 6.35. The van der Waals surface area contributed by atoms with Crippen LogP contribution in [-0.2, 0) is 6.54 Å². The van der Waals surface area contributed by atoms with E-state index >= 15 is 0 Å². The molecule has 2 amide bonds. The maximum Gasteiger partial charge on any atom is 0.339 e. The third kappa shape index (κ3) is 4.50. The number of furan rings is 1. The molecule has 0 bridgehead atoms. The zero-order valence-electron chi connectivity index (χ0n) is 15.2. The molecule has 0 saturated heterocycles. The third-order valence-electron chi connectivity index (χ3n) is 3.75. The van der Waals surface area contributed by atoms with E-state index in [2.05, 4.69) is 5.32 Å². The van der Waals surface area contributed by atoms with Gasteiger partial charge in [0.2, 0.25) is 0 Å². The Labute approximate surface area is 151 Å². The van der Waals surface area contributed by atoms with Crippen LogP contribution in [0.2, 0.25) is 0 Å². The van der Waals surface area contributed by atoms with Crippen molar-refractivity contribution in [2.45, 2.75) is 33.4 Å². The van der Waals surface area contributed by atoms with Crippen molar-refractivity contribution >= 4 is 17.8 Å². The number of carboxylic acid groups (broad SMARTS) is 1. The molecule has 0 aliphatic carbocycles. The summed E-state index contributed by atoms with van der Waals surface area (Å²) < 4.78 is 5.39. The topological polar surface area (TPSA) is 99.9 Å². The van der Waals surface area contributed by atoms with E-state index in [1.54, 1.807) is 38.2 Å². The molecular weight excluding hydrogens is 336 g/mol. The van der Waals surface area contributed by atoms with Crippen LogP contribution in [0.5, 0.6) is 0 Å². The molecule has 0 radical (unpaired) electrons.